The molecule has 1 N–H and O–H groups in total. The molecule has 3 nitrogen and oxygen atoms in total. The molecule has 12 heavy (non-hydrogen) atoms. The summed E-state index contributed by atoms with van der Waals surface area (Å²) in [5.74, 6) is 0.705. The van der Waals surface area contributed by atoms with Gasteiger partial charge in [0.2, 0.25) is 0 Å². The number of aldehydes is 1. The van der Waals surface area contributed by atoms with E-state index in [4.69, 9.17) is 9.84 Å². The van der Waals surface area contributed by atoms with Gasteiger partial charge >= 0.3 is 0 Å². The number of carbonyl (C=O) groups is 1. The molecule has 3 heteroatoms. The third kappa shape index (κ3) is 1.83. The van der Waals surface area contributed by atoms with Crippen LogP contribution in [-0.4, -0.2) is 18.5 Å². The van der Waals surface area contributed by atoms with Gasteiger partial charge in [-0.3, -0.25) is 0 Å². The van der Waals surface area contributed by atoms with Gasteiger partial charge in [0.15, 0.2) is 6.29 Å². The molecule has 1 aromatic carbocycles. The molecule has 0 saturated heterocycles. The number of carbonyl (C=O) groups excluding carboxylic acids is 1. The number of methoxy groups -OCH3 is 1. The van der Waals surface area contributed by atoms with Crippen molar-refractivity contribution in [1.29, 1.82) is 0 Å². The molecule has 0 bridgehead atoms. The van der Waals surface area contributed by atoms with Crippen LogP contribution in [0.3, 0.4) is 0 Å². The zero-order valence-electron chi connectivity index (χ0n) is 6.73. The minimum absolute atomic E-state index is 0.488. The molecule has 0 spiro atoms. The Labute approximate surface area is 70.6 Å². The molecule has 0 amide bonds. The Morgan fingerprint density at radius 2 is 2.00 bits per heavy atom. The van der Waals surface area contributed by atoms with Crippen LogP contribution in [0.5, 0.6) is 5.75 Å². The summed E-state index contributed by atoms with van der Waals surface area (Å²) in [5, 5.41) is 9.08. The summed E-state index contributed by atoms with van der Waals surface area (Å²) >= 11 is 0. The summed E-state index contributed by atoms with van der Waals surface area (Å²) in [6.07, 6.45) is -0.544. The van der Waals surface area contributed by atoms with Crippen molar-refractivity contribution in [3.63, 3.8) is 0 Å². The summed E-state index contributed by atoms with van der Waals surface area (Å²) in [6.45, 7) is 0. The van der Waals surface area contributed by atoms with Gasteiger partial charge in [-0.25, -0.2) is 0 Å². The minimum atomic E-state index is -1.03. The number of hydrogen-bond acceptors (Lipinski definition) is 3. The first-order valence-corrected chi connectivity index (χ1v) is 3.55. The van der Waals surface area contributed by atoms with Gasteiger partial charge < -0.3 is 14.6 Å². The average molecular weight is 166 g/mol. The molecule has 0 aromatic heterocycles. The van der Waals surface area contributed by atoms with E-state index in [1.165, 1.54) is 0 Å². The molecular formula is C9H10O3. The highest BCUT2D eigenvalue weighted by Crippen LogP contribution is 2.15. The molecule has 1 aromatic rings. The first-order valence-electron chi connectivity index (χ1n) is 3.55. The van der Waals surface area contributed by atoms with Crippen molar-refractivity contribution in [3.8, 4) is 5.75 Å². The van der Waals surface area contributed by atoms with E-state index in [1.54, 1.807) is 31.4 Å². The van der Waals surface area contributed by atoms with Crippen LogP contribution in [0.4, 0.5) is 0 Å². The van der Waals surface area contributed by atoms with Gasteiger partial charge in [-0.05, 0) is 17.7 Å². The number of hydrogen-bond donors (Lipinski definition) is 1. The predicted octanol–water partition coefficient (Wildman–Crippen LogP) is 0.927. The lowest BCUT2D eigenvalue weighted by atomic mass is 10.1. The van der Waals surface area contributed by atoms with Gasteiger partial charge in [0, 0.05) is 0 Å². The third-order valence-corrected chi connectivity index (χ3v) is 1.59. The van der Waals surface area contributed by atoms with Crippen LogP contribution < -0.4 is 4.74 Å². The number of benzene rings is 1. The largest absolute Gasteiger partial charge is 0.497 e. The van der Waals surface area contributed by atoms with E-state index < -0.39 is 6.10 Å². The molecule has 1 unspecified atom stereocenters. The molecule has 0 aliphatic carbocycles. The number of ether oxygens (including phenoxy) is 1. The average Bonchev–Trinajstić information content (AvgIpc) is 2.17. The second kappa shape index (κ2) is 3.88. The SMILES string of the molecule is COc1ccc(C(O)C=O)cc1. The Kier molecular flexibility index (Phi) is 2.82. The van der Waals surface area contributed by atoms with Gasteiger partial charge in [-0.1, -0.05) is 12.1 Å². The molecule has 0 aliphatic rings. The summed E-state index contributed by atoms with van der Waals surface area (Å²) in [4.78, 5) is 10.2. The van der Waals surface area contributed by atoms with Crippen LogP contribution in [0.2, 0.25) is 0 Å². The van der Waals surface area contributed by atoms with Crippen molar-refractivity contribution in [1.82, 2.24) is 0 Å². The Morgan fingerprint density at radius 1 is 1.42 bits per heavy atom. The molecule has 1 atom stereocenters. The Hall–Kier alpha value is -1.35. The molecule has 1 rings (SSSR count). The van der Waals surface area contributed by atoms with Crippen molar-refractivity contribution in [2.75, 3.05) is 7.11 Å². The van der Waals surface area contributed by atoms with E-state index in [1.807, 2.05) is 0 Å². The van der Waals surface area contributed by atoms with Crippen LogP contribution in [-0.2, 0) is 4.79 Å². The number of aliphatic hydroxyl groups is 1. The van der Waals surface area contributed by atoms with E-state index in [-0.39, 0.29) is 0 Å². The summed E-state index contributed by atoms with van der Waals surface area (Å²) in [6, 6.07) is 6.69. The molecule has 0 aliphatic heterocycles. The van der Waals surface area contributed by atoms with Crippen LogP contribution in [0.1, 0.15) is 11.7 Å². The van der Waals surface area contributed by atoms with E-state index in [2.05, 4.69) is 0 Å². The standard InChI is InChI=1S/C9H10O3/c1-12-8-4-2-7(3-5-8)9(11)6-10/h2-6,9,11H,1H3. The third-order valence-electron chi connectivity index (χ3n) is 1.59. The zero-order chi connectivity index (χ0) is 8.97. The smallest absolute Gasteiger partial charge is 0.153 e. The molecular weight excluding hydrogens is 156 g/mol. The van der Waals surface area contributed by atoms with Crippen molar-refractivity contribution in [2.24, 2.45) is 0 Å². The van der Waals surface area contributed by atoms with Crippen LogP contribution >= 0.6 is 0 Å². The van der Waals surface area contributed by atoms with E-state index in [0.29, 0.717) is 17.6 Å². The van der Waals surface area contributed by atoms with E-state index >= 15 is 0 Å². The number of aliphatic hydroxyl groups excluding tert-OH is 1. The maximum atomic E-state index is 10.2. The van der Waals surface area contributed by atoms with Gasteiger partial charge in [-0.2, -0.15) is 0 Å². The predicted molar refractivity (Wildman–Crippen MR) is 44.0 cm³/mol. The summed E-state index contributed by atoms with van der Waals surface area (Å²) in [7, 11) is 1.56. The fraction of sp³-hybridized carbons (Fsp3) is 0.222. The van der Waals surface area contributed by atoms with Crippen molar-refractivity contribution in [2.45, 2.75) is 6.10 Å². The van der Waals surface area contributed by atoms with Crippen molar-refractivity contribution < 1.29 is 14.6 Å². The van der Waals surface area contributed by atoms with Crippen LogP contribution in [0.15, 0.2) is 24.3 Å². The second-order valence-electron chi connectivity index (χ2n) is 2.35. The molecule has 0 saturated carbocycles. The van der Waals surface area contributed by atoms with Gasteiger partial charge in [0.05, 0.1) is 7.11 Å². The fourth-order valence-electron chi connectivity index (χ4n) is 0.880. The summed E-state index contributed by atoms with van der Waals surface area (Å²) < 4.78 is 4.91. The maximum absolute atomic E-state index is 10.2. The lowest BCUT2D eigenvalue weighted by Crippen LogP contribution is -1.97. The summed E-state index contributed by atoms with van der Waals surface area (Å²) in [5.41, 5.74) is 0.575. The van der Waals surface area contributed by atoms with E-state index in [0.717, 1.165) is 0 Å². The Bertz CT molecular complexity index is 253. The molecule has 0 fully saturated rings. The normalized spacial score (nSPS) is 12.2. The number of rotatable bonds is 3. The zero-order valence-corrected chi connectivity index (χ0v) is 6.73. The van der Waals surface area contributed by atoms with Crippen molar-refractivity contribution in [3.05, 3.63) is 29.8 Å². The first-order chi connectivity index (χ1) is 5.77. The molecule has 0 radical (unpaired) electrons. The van der Waals surface area contributed by atoms with Crippen LogP contribution in [0, 0.1) is 0 Å². The fourth-order valence-corrected chi connectivity index (χ4v) is 0.880. The van der Waals surface area contributed by atoms with Gasteiger partial charge in [0.1, 0.15) is 11.9 Å². The van der Waals surface area contributed by atoms with E-state index in [9.17, 15) is 4.79 Å². The van der Waals surface area contributed by atoms with Gasteiger partial charge in [0.25, 0.3) is 0 Å². The van der Waals surface area contributed by atoms with Crippen molar-refractivity contribution >= 4 is 6.29 Å². The minimum Gasteiger partial charge on any atom is -0.497 e. The highest BCUT2D eigenvalue weighted by Gasteiger charge is 2.03. The quantitative estimate of drug-likeness (QED) is 0.679. The van der Waals surface area contributed by atoms with Crippen LogP contribution in [0.25, 0.3) is 0 Å². The monoisotopic (exact) mass is 166 g/mol. The second-order valence-corrected chi connectivity index (χ2v) is 2.35. The van der Waals surface area contributed by atoms with Gasteiger partial charge in [-0.15, -0.1) is 0 Å². The maximum Gasteiger partial charge on any atom is 0.153 e. The first kappa shape index (κ1) is 8.74. The highest BCUT2D eigenvalue weighted by atomic mass is 16.5. The molecule has 64 valence electrons. The topological polar surface area (TPSA) is 46.5 Å². The highest BCUT2D eigenvalue weighted by molar-refractivity contribution is 5.59. The lowest BCUT2D eigenvalue weighted by Gasteiger charge is -2.03. The Balaban J connectivity index is 2.84. The Morgan fingerprint density at radius 3 is 2.42 bits per heavy atom. The lowest BCUT2D eigenvalue weighted by molar-refractivity contribution is -0.115. The molecule has 0 heterocycles.